The van der Waals surface area contributed by atoms with Crippen LogP contribution in [0.2, 0.25) is 0 Å². The molecule has 0 radical (unpaired) electrons. The third kappa shape index (κ3) is 2.90. The summed E-state index contributed by atoms with van der Waals surface area (Å²) in [6.45, 7) is 0.383. The Morgan fingerprint density at radius 2 is 1.94 bits per heavy atom. The van der Waals surface area contributed by atoms with Gasteiger partial charge >= 0.3 is 0 Å². The Morgan fingerprint density at radius 3 is 2.71 bits per heavy atom. The van der Waals surface area contributed by atoms with Crippen LogP contribution in [0.1, 0.15) is 5.56 Å². The van der Waals surface area contributed by atoms with Gasteiger partial charge in [0.2, 0.25) is 0 Å². The number of hydrogen-bond donors (Lipinski definition) is 2. The minimum atomic E-state index is -0.224. The molecule has 2 rings (SSSR count). The summed E-state index contributed by atoms with van der Waals surface area (Å²) >= 11 is 0. The van der Waals surface area contributed by atoms with Crippen LogP contribution in [0.25, 0.3) is 0 Å². The van der Waals surface area contributed by atoms with Crippen molar-refractivity contribution < 1.29 is 4.39 Å². The Morgan fingerprint density at radius 1 is 1.18 bits per heavy atom. The van der Waals surface area contributed by atoms with E-state index in [1.54, 1.807) is 37.6 Å². The summed E-state index contributed by atoms with van der Waals surface area (Å²) in [5, 5.41) is 5.91. The van der Waals surface area contributed by atoms with E-state index in [-0.39, 0.29) is 5.82 Å². The highest BCUT2D eigenvalue weighted by atomic mass is 19.1. The molecule has 88 valence electrons. The third-order valence-electron chi connectivity index (χ3n) is 2.31. The van der Waals surface area contributed by atoms with Crippen LogP contribution in [0.15, 0.2) is 36.7 Å². The molecule has 0 spiro atoms. The minimum absolute atomic E-state index is 0.224. The highest BCUT2D eigenvalue weighted by Crippen LogP contribution is 2.10. The molecule has 5 heteroatoms. The van der Waals surface area contributed by atoms with Gasteiger partial charge in [0.25, 0.3) is 0 Å². The van der Waals surface area contributed by atoms with Gasteiger partial charge in [-0.3, -0.25) is 4.98 Å². The Bertz CT molecular complexity index is 501. The van der Waals surface area contributed by atoms with Gasteiger partial charge in [-0.2, -0.15) is 0 Å². The average Bonchev–Trinajstić information content (AvgIpc) is 2.38. The number of nitrogens with one attached hydrogen (secondary N) is 2. The Labute approximate surface area is 98.9 Å². The minimum Gasteiger partial charge on any atom is -0.372 e. The molecular formula is C12H13FN4. The second-order valence-corrected chi connectivity index (χ2v) is 3.48. The number of hydrogen-bond acceptors (Lipinski definition) is 4. The fourth-order valence-corrected chi connectivity index (χ4v) is 1.40. The summed E-state index contributed by atoms with van der Waals surface area (Å²) in [4.78, 5) is 8.24. The van der Waals surface area contributed by atoms with Gasteiger partial charge in [0, 0.05) is 19.2 Å². The number of rotatable bonds is 4. The van der Waals surface area contributed by atoms with Crippen molar-refractivity contribution in [3.8, 4) is 0 Å². The summed E-state index contributed by atoms with van der Waals surface area (Å²) in [5.74, 6) is 1.06. The van der Waals surface area contributed by atoms with Crippen LogP contribution in [-0.2, 0) is 6.54 Å². The van der Waals surface area contributed by atoms with Gasteiger partial charge < -0.3 is 10.6 Å². The van der Waals surface area contributed by atoms with Crippen molar-refractivity contribution in [1.29, 1.82) is 0 Å². The molecule has 0 fully saturated rings. The van der Waals surface area contributed by atoms with Gasteiger partial charge in [0.05, 0.1) is 12.4 Å². The maximum Gasteiger partial charge on any atom is 0.147 e. The summed E-state index contributed by atoms with van der Waals surface area (Å²) in [6, 6.07) is 6.64. The van der Waals surface area contributed by atoms with Crippen LogP contribution in [0.4, 0.5) is 16.0 Å². The standard InChI is InChI=1S/C12H13FN4/c1-14-11-7-15-8-12(17-11)16-6-9-4-2-3-5-10(9)13/h2-5,7-8H,6H2,1H3,(H2,14,16,17). The van der Waals surface area contributed by atoms with E-state index in [2.05, 4.69) is 20.6 Å². The van der Waals surface area contributed by atoms with E-state index in [0.717, 1.165) is 0 Å². The molecule has 2 N–H and O–H groups in total. The summed E-state index contributed by atoms with van der Waals surface area (Å²) in [5.41, 5.74) is 0.601. The summed E-state index contributed by atoms with van der Waals surface area (Å²) in [6.07, 6.45) is 3.22. The molecule has 0 aliphatic carbocycles. The van der Waals surface area contributed by atoms with E-state index in [1.165, 1.54) is 6.07 Å². The number of benzene rings is 1. The molecule has 2 aromatic rings. The second-order valence-electron chi connectivity index (χ2n) is 3.48. The van der Waals surface area contributed by atoms with Crippen molar-refractivity contribution in [3.05, 3.63) is 48.0 Å². The first-order valence-electron chi connectivity index (χ1n) is 5.26. The Balaban J connectivity index is 2.05. The fraction of sp³-hybridized carbons (Fsp3) is 0.167. The SMILES string of the molecule is CNc1cncc(NCc2ccccc2F)n1. The lowest BCUT2D eigenvalue weighted by molar-refractivity contribution is 0.613. The van der Waals surface area contributed by atoms with Gasteiger partial charge in [-0.05, 0) is 6.07 Å². The summed E-state index contributed by atoms with van der Waals surface area (Å²) in [7, 11) is 1.77. The van der Waals surface area contributed by atoms with Crippen molar-refractivity contribution in [1.82, 2.24) is 9.97 Å². The second kappa shape index (κ2) is 5.25. The van der Waals surface area contributed by atoms with Gasteiger partial charge in [0.1, 0.15) is 17.5 Å². The lowest BCUT2D eigenvalue weighted by atomic mass is 10.2. The van der Waals surface area contributed by atoms with Gasteiger partial charge in [-0.15, -0.1) is 0 Å². The molecule has 0 unspecified atom stereocenters. The van der Waals surface area contributed by atoms with Crippen LogP contribution >= 0.6 is 0 Å². The maximum atomic E-state index is 13.3. The van der Waals surface area contributed by atoms with Gasteiger partial charge in [-0.25, -0.2) is 9.37 Å². The van der Waals surface area contributed by atoms with E-state index in [4.69, 9.17) is 0 Å². The van der Waals surface area contributed by atoms with Gasteiger partial charge in [0.15, 0.2) is 0 Å². The lowest BCUT2D eigenvalue weighted by Gasteiger charge is -2.07. The first-order chi connectivity index (χ1) is 8.29. The van der Waals surface area contributed by atoms with Crippen LogP contribution in [0.3, 0.4) is 0 Å². The van der Waals surface area contributed by atoms with E-state index in [0.29, 0.717) is 23.7 Å². The van der Waals surface area contributed by atoms with Gasteiger partial charge in [-0.1, -0.05) is 18.2 Å². The molecule has 1 heterocycles. The van der Waals surface area contributed by atoms with Crippen molar-refractivity contribution in [2.75, 3.05) is 17.7 Å². The van der Waals surface area contributed by atoms with Crippen molar-refractivity contribution in [2.45, 2.75) is 6.54 Å². The molecule has 1 aromatic heterocycles. The number of anilines is 2. The van der Waals surface area contributed by atoms with Crippen LogP contribution < -0.4 is 10.6 Å². The van der Waals surface area contributed by atoms with Crippen LogP contribution in [0.5, 0.6) is 0 Å². The van der Waals surface area contributed by atoms with Crippen molar-refractivity contribution in [3.63, 3.8) is 0 Å². The first kappa shape index (κ1) is 11.3. The predicted molar refractivity (Wildman–Crippen MR) is 65.3 cm³/mol. The van der Waals surface area contributed by atoms with Crippen molar-refractivity contribution >= 4 is 11.6 Å². The number of halogens is 1. The topological polar surface area (TPSA) is 49.8 Å². The molecule has 0 aliphatic heterocycles. The zero-order chi connectivity index (χ0) is 12.1. The zero-order valence-corrected chi connectivity index (χ0v) is 9.44. The number of nitrogens with zero attached hydrogens (tertiary/aromatic N) is 2. The Hall–Kier alpha value is -2.17. The molecule has 0 saturated carbocycles. The predicted octanol–water partition coefficient (Wildman–Crippen LogP) is 2.27. The van der Waals surface area contributed by atoms with E-state index < -0.39 is 0 Å². The average molecular weight is 232 g/mol. The largest absolute Gasteiger partial charge is 0.372 e. The van der Waals surface area contributed by atoms with E-state index >= 15 is 0 Å². The molecule has 0 aliphatic rings. The number of aromatic nitrogens is 2. The first-order valence-corrected chi connectivity index (χ1v) is 5.26. The lowest BCUT2D eigenvalue weighted by Crippen LogP contribution is -2.05. The quantitative estimate of drug-likeness (QED) is 0.849. The zero-order valence-electron chi connectivity index (χ0n) is 9.44. The maximum absolute atomic E-state index is 13.3. The third-order valence-corrected chi connectivity index (χ3v) is 2.31. The summed E-state index contributed by atoms with van der Waals surface area (Å²) < 4.78 is 13.3. The monoisotopic (exact) mass is 232 g/mol. The normalized spacial score (nSPS) is 10.0. The molecular weight excluding hydrogens is 219 g/mol. The van der Waals surface area contributed by atoms with E-state index in [9.17, 15) is 4.39 Å². The molecule has 0 atom stereocenters. The molecule has 0 saturated heterocycles. The van der Waals surface area contributed by atoms with E-state index in [1.807, 2.05) is 0 Å². The molecule has 17 heavy (non-hydrogen) atoms. The molecule has 0 bridgehead atoms. The molecule has 1 aromatic carbocycles. The molecule has 0 amide bonds. The highest BCUT2D eigenvalue weighted by Gasteiger charge is 2.01. The highest BCUT2D eigenvalue weighted by molar-refractivity contribution is 5.41. The Kier molecular flexibility index (Phi) is 3.49. The van der Waals surface area contributed by atoms with Crippen LogP contribution in [-0.4, -0.2) is 17.0 Å². The smallest absolute Gasteiger partial charge is 0.147 e. The van der Waals surface area contributed by atoms with Crippen molar-refractivity contribution in [2.24, 2.45) is 0 Å². The van der Waals surface area contributed by atoms with Crippen LogP contribution in [0, 0.1) is 5.82 Å². The molecule has 4 nitrogen and oxygen atoms in total. The fourth-order valence-electron chi connectivity index (χ4n) is 1.40.